The molecule has 6 heteroatoms. The van der Waals surface area contributed by atoms with E-state index in [0.29, 0.717) is 17.1 Å². The van der Waals surface area contributed by atoms with E-state index in [1.54, 1.807) is 50.3 Å². The molecule has 0 saturated carbocycles. The van der Waals surface area contributed by atoms with Gasteiger partial charge in [-0.05, 0) is 35.8 Å². The van der Waals surface area contributed by atoms with Crippen LogP contribution in [0.4, 0.5) is 0 Å². The highest BCUT2D eigenvalue weighted by Gasteiger charge is 2.25. The Morgan fingerprint density at radius 1 is 1.32 bits per heavy atom. The number of allylic oxidation sites excluding steroid dienone is 2. The molecule has 1 atom stereocenters. The zero-order valence-electron chi connectivity index (χ0n) is 12.3. The van der Waals surface area contributed by atoms with Gasteiger partial charge in [0, 0.05) is 18.0 Å². The molecule has 1 aromatic rings. The molecule has 2 heterocycles. The van der Waals surface area contributed by atoms with Gasteiger partial charge in [0.25, 0.3) is 0 Å². The molecule has 0 radical (unpaired) electrons. The van der Waals surface area contributed by atoms with E-state index in [1.165, 1.54) is 0 Å². The van der Waals surface area contributed by atoms with E-state index in [1.807, 2.05) is 23.9 Å². The second-order valence-corrected chi connectivity index (χ2v) is 5.67. The van der Waals surface area contributed by atoms with Crippen LogP contribution in [0.2, 0.25) is 0 Å². The van der Waals surface area contributed by atoms with Gasteiger partial charge in [0.05, 0.1) is 19.9 Å². The fourth-order valence-electron chi connectivity index (χ4n) is 2.27. The number of fused-ring (bicyclic) bond motifs is 1. The van der Waals surface area contributed by atoms with Crippen molar-refractivity contribution < 1.29 is 14.3 Å². The van der Waals surface area contributed by atoms with Crippen LogP contribution in [0.5, 0.6) is 11.5 Å². The summed E-state index contributed by atoms with van der Waals surface area (Å²) in [6.45, 7) is 0. The molecule has 0 amide bonds. The standard InChI is InChI=1S/C16H16N2O3S/c1-20-14-6-3-11(9-15(14)21-2)13(19)5-4-12-10-17-16-18(12)7-8-22-16/h3-10,16-17H,1-2H3/b5-4+. The lowest BCUT2D eigenvalue weighted by molar-refractivity contribution is 0.104. The first-order valence-electron chi connectivity index (χ1n) is 6.74. The van der Waals surface area contributed by atoms with Crippen LogP contribution in [0.15, 0.2) is 53.9 Å². The van der Waals surface area contributed by atoms with Crippen LogP contribution in [0.3, 0.4) is 0 Å². The second-order valence-electron chi connectivity index (χ2n) is 4.68. The normalized spacial score (nSPS) is 19.1. The molecule has 1 N–H and O–H groups in total. The fourth-order valence-corrected chi connectivity index (χ4v) is 3.09. The SMILES string of the molecule is COc1ccc(C(=O)/C=C/C2=CNC3SC=CN23)cc1OC. The minimum Gasteiger partial charge on any atom is -0.493 e. The molecule has 3 rings (SSSR count). The predicted molar refractivity (Wildman–Crippen MR) is 86.6 cm³/mol. The lowest BCUT2D eigenvalue weighted by Gasteiger charge is -2.16. The summed E-state index contributed by atoms with van der Waals surface area (Å²) in [5.74, 6) is 1.07. The number of carbonyl (C=O) groups excluding carboxylic acids is 1. The van der Waals surface area contributed by atoms with Crippen LogP contribution in [0, 0.1) is 0 Å². The monoisotopic (exact) mass is 316 g/mol. The summed E-state index contributed by atoms with van der Waals surface area (Å²) in [6, 6.07) is 5.14. The lowest BCUT2D eigenvalue weighted by atomic mass is 10.1. The molecule has 0 aromatic heterocycles. The maximum Gasteiger partial charge on any atom is 0.186 e. The van der Waals surface area contributed by atoms with Crippen molar-refractivity contribution in [1.29, 1.82) is 0 Å². The van der Waals surface area contributed by atoms with Crippen molar-refractivity contribution in [2.45, 2.75) is 5.50 Å². The Morgan fingerprint density at radius 3 is 2.91 bits per heavy atom. The molecule has 2 aliphatic rings. The number of nitrogens with zero attached hydrogens (tertiary/aromatic N) is 1. The molecule has 22 heavy (non-hydrogen) atoms. The van der Waals surface area contributed by atoms with Gasteiger partial charge >= 0.3 is 0 Å². The van der Waals surface area contributed by atoms with Crippen molar-refractivity contribution in [2.75, 3.05) is 14.2 Å². The highest BCUT2D eigenvalue weighted by molar-refractivity contribution is 8.02. The summed E-state index contributed by atoms with van der Waals surface area (Å²) in [5, 5.41) is 5.25. The molecule has 0 fully saturated rings. The first-order chi connectivity index (χ1) is 10.7. The van der Waals surface area contributed by atoms with Crippen LogP contribution in [0.25, 0.3) is 0 Å². The van der Waals surface area contributed by atoms with Crippen molar-refractivity contribution in [3.8, 4) is 11.5 Å². The van der Waals surface area contributed by atoms with E-state index in [4.69, 9.17) is 9.47 Å². The molecular weight excluding hydrogens is 300 g/mol. The lowest BCUT2D eigenvalue weighted by Crippen LogP contribution is -2.25. The molecule has 0 bridgehead atoms. The number of carbonyl (C=O) groups is 1. The first kappa shape index (κ1) is 14.6. The number of ketones is 1. The van der Waals surface area contributed by atoms with Gasteiger partial charge in [-0.3, -0.25) is 4.79 Å². The number of hydrogen-bond donors (Lipinski definition) is 1. The number of rotatable bonds is 5. The zero-order valence-corrected chi connectivity index (χ0v) is 13.1. The van der Waals surface area contributed by atoms with Gasteiger partial charge in [-0.2, -0.15) is 0 Å². The molecule has 1 aromatic carbocycles. The molecule has 0 spiro atoms. The summed E-state index contributed by atoms with van der Waals surface area (Å²) in [4.78, 5) is 14.4. The molecule has 0 saturated heterocycles. The Balaban J connectivity index is 1.74. The molecule has 0 aliphatic carbocycles. The average molecular weight is 316 g/mol. The van der Waals surface area contributed by atoms with E-state index in [-0.39, 0.29) is 11.3 Å². The fraction of sp³-hybridized carbons (Fsp3) is 0.188. The van der Waals surface area contributed by atoms with Crippen LogP contribution in [0.1, 0.15) is 10.4 Å². The third-order valence-corrected chi connectivity index (χ3v) is 4.33. The highest BCUT2D eigenvalue weighted by atomic mass is 32.2. The van der Waals surface area contributed by atoms with Gasteiger partial charge in [-0.1, -0.05) is 11.8 Å². The van der Waals surface area contributed by atoms with Crippen molar-refractivity contribution in [3.63, 3.8) is 0 Å². The molecule has 1 unspecified atom stereocenters. The summed E-state index contributed by atoms with van der Waals surface area (Å²) >= 11 is 1.69. The first-order valence-corrected chi connectivity index (χ1v) is 7.68. The Kier molecular flexibility index (Phi) is 4.11. The summed E-state index contributed by atoms with van der Waals surface area (Å²) < 4.78 is 10.4. The van der Waals surface area contributed by atoms with Crippen LogP contribution < -0.4 is 14.8 Å². The molecule has 114 valence electrons. The third kappa shape index (κ3) is 2.69. The van der Waals surface area contributed by atoms with Crippen molar-refractivity contribution >= 4 is 17.5 Å². The van der Waals surface area contributed by atoms with Gasteiger partial charge in [0.1, 0.15) is 0 Å². The van der Waals surface area contributed by atoms with Crippen molar-refractivity contribution in [2.24, 2.45) is 0 Å². The van der Waals surface area contributed by atoms with E-state index in [9.17, 15) is 4.79 Å². The van der Waals surface area contributed by atoms with Gasteiger partial charge in [0.15, 0.2) is 22.8 Å². The summed E-state index contributed by atoms with van der Waals surface area (Å²) in [7, 11) is 3.12. The van der Waals surface area contributed by atoms with Gasteiger partial charge in [-0.15, -0.1) is 0 Å². The number of benzene rings is 1. The van der Waals surface area contributed by atoms with Crippen LogP contribution in [-0.4, -0.2) is 30.4 Å². The van der Waals surface area contributed by atoms with E-state index < -0.39 is 0 Å². The Hall–Kier alpha value is -2.34. The summed E-state index contributed by atoms with van der Waals surface area (Å²) in [5.41, 5.74) is 1.72. The van der Waals surface area contributed by atoms with Gasteiger partial charge in [0.2, 0.25) is 0 Å². The van der Waals surface area contributed by atoms with Gasteiger partial charge in [-0.25, -0.2) is 0 Å². The Morgan fingerprint density at radius 2 is 2.14 bits per heavy atom. The van der Waals surface area contributed by atoms with Crippen LogP contribution >= 0.6 is 11.8 Å². The predicted octanol–water partition coefficient (Wildman–Crippen LogP) is 2.69. The highest BCUT2D eigenvalue weighted by Crippen LogP contribution is 2.31. The Bertz CT molecular complexity index is 682. The van der Waals surface area contributed by atoms with E-state index in [2.05, 4.69) is 10.2 Å². The van der Waals surface area contributed by atoms with Crippen LogP contribution in [-0.2, 0) is 0 Å². The summed E-state index contributed by atoms with van der Waals surface area (Å²) in [6.07, 6.45) is 7.27. The number of methoxy groups -OCH3 is 2. The van der Waals surface area contributed by atoms with E-state index in [0.717, 1.165) is 5.70 Å². The minimum absolute atomic E-state index is 0.0823. The smallest absolute Gasteiger partial charge is 0.186 e. The van der Waals surface area contributed by atoms with Crippen molar-refractivity contribution in [1.82, 2.24) is 10.2 Å². The largest absolute Gasteiger partial charge is 0.493 e. The molecule has 5 nitrogen and oxygen atoms in total. The number of ether oxygens (including phenoxy) is 2. The maximum absolute atomic E-state index is 12.3. The quantitative estimate of drug-likeness (QED) is 0.666. The number of nitrogens with one attached hydrogen (secondary N) is 1. The van der Waals surface area contributed by atoms with Crippen molar-refractivity contribution in [3.05, 3.63) is 59.4 Å². The molecular formula is C16H16N2O3S. The zero-order chi connectivity index (χ0) is 15.5. The number of thioether (sulfide) groups is 1. The topological polar surface area (TPSA) is 50.8 Å². The third-order valence-electron chi connectivity index (χ3n) is 3.43. The molecule has 2 aliphatic heterocycles. The minimum atomic E-state index is -0.0823. The number of hydrogen-bond acceptors (Lipinski definition) is 6. The van der Waals surface area contributed by atoms with E-state index >= 15 is 0 Å². The Labute approximate surface area is 133 Å². The van der Waals surface area contributed by atoms with Gasteiger partial charge < -0.3 is 19.7 Å². The average Bonchev–Trinajstić information content (AvgIpc) is 3.15. The second kappa shape index (κ2) is 6.19. The maximum atomic E-state index is 12.3.